The van der Waals surface area contributed by atoms with E-state index in [2.05, 4.69) is 6.92 Å². The van der Waals surface area contributed by atoms with Gasteiger partial charge in [0, 0.05) is 0 Å². The molecule has 19 heavy (non-hydrogen) atoms. The van der Waals surface area contributed by atoms with E-state index in [1.165, 1.54) is 5.56 Å². The van der Waals surface area contributed by atoms with Crippen molar-refractivity contribution in [3.05, 3.63) is 58.1 Å². The summed E-state index contributed by atoms with van der Waals surface area (Å²) >= 11 is 0. The average Bonchev–Trinajstić information content (AvgIpc) is 2.44. The summed E-state index contributed by atoms with van der Waals surface area (Å²) in [6.45, 7) is 8.47. The van der Waals surface area contributed by atoms with Crippen LogP contribution >= 0.6 is 0 Å². The van der Waals surface area contributed by atoms with Crippen molar-refractivity contribution in [1.29, 1.82) is 0 Å². The Morgan fingerprint density at radius 1 is 0.842 bits per heavy atom. The third kappa shape index (κ3) is 2.58. The molecule has 0 amide bonds. The maximum atomic E-state index is 10.2. The van der Waals surface area contributed by atoms with E-state index < -0.39 is 0 Å². The van der Waals surface area contributed by atoms with Gasteiger partial charge in [0.1, 0.15) is 6.61 Å². The lowest BCUT2D eigenvalue weighted by Crippen LogP contribution is -2.01. The summed E-state index contributed by atoms with van der Waals surface area (Å²) in [6, 6.07) is 9.97. The molecule has 2 heteroatoms. The molecule has 0 aliphatic heterocycles. The van der Waals surface area contributed by atoms with Gasteiger partial charge < -0.3 is 9.84 Å². The van der Waals surface area contributed by atoms with Gasteiger partial charge in [-0.25, -0.2) is 0 Å². The highest BCUT2D eigenvalue weighted by Crippen LogP contribution is 2.38. The first kappa shape index (κ1) is 13.5. The summed E-state index contributed by atoms with van der Waals surface area (Å²) in [5.74, 6) is 0.862. The molecule has 0 fully saturated rings. The monoisotopic (exact) mass is 256 g/mol. The van der Waals surface area contributed by atoms with Crippen LogP contribution in [0.1, 0.15) is 27.8 Å². The van der Waals surface area contributed by atoms with Gasteiger partial charge in [0.15, 0.2) is 11.5 Å². The number of ether oxygens (including phenoxy) is 1. The molecular weight excluding hydrogens is 236 g/mol. The molecule has 2 rings (SSSR count). The van der Waals surface area contributed by atoms with E-state index in [0.29, 0.717) is 12.4 Å². The molecule has 0 aromatic heterocycles. The highest BCUT2D eigenvalue weighted by molar-refractivity contribution is 5.57. The minimum Gasteiger partial charge on any atom is -0.504 e. The van der Waals surface area contributed by atoms with Gasteiger partial charge in [0.2, 0.25) is 0 Å². The first-order chi connectivity index (χ1) is 9.02. The Kier molecular flexibility index (Phi) is 3.79. The van der Waals surface area contributed by atoms with Crippen molar-refractivity contribution < 1.29 is 9.84 Å². The third-order valence-corrected chi connectivity index (χ3v) is 3.82. The van der Waals surface area contributed by atoms with E-state index >= 15 is 0 Å². The lowest BCUT2D eigenvalue weighted by Gasteiger charge is -2.17. The first-order valence-electron chi connectivity index (χ1n) is 6.48. The predicted molar refractivity (Wildman–Crippen MR) is 77.8 cm³/mol. The largest absolute Gasteiger partial charge is 0.504 e. The maximum Gasteiger partial charge on any atom is 0.164 e. The SMILES string of the molecule is Cc1c(C)c(C)c(OCc2ccccc2)c(O)c1C. The smallest absolute Gasteiger partial charge is 0.164 e. The van der Waals surface area contributed by atoms with Crippen molar-refractivity contribution in [2.75, 3.05) is 0 Å². The minimum atomic E-state index is 0.261. The Hall–Kier alpha value is -1.96. The summed E-state index contributed by atoms with van der Waals surface area (Å²) < 4.78 is 5.82. The van der Waals surface area contributed by atoms with E-state index in [0.717, 1.165) is 22.3 Å². The number of hydrogen-bond donors (Lipinski definition) is 1. The molecule has 0 radical (unpaired) electrons. The highest BCUT2D eigenvalue weighted by atomic mass is 16.5. The van der Waals surface area contributed by atoms with Crippen LogP contribution in [-0.2, 0) is 6.61 Å². The Morgan fingerprint density at radius 2 is 1.42 bits per heavy atom. The fourth-order valence-corrected chi connectivity index (χ4v) is 2.16. The van der Waals surface area contributed by atoms with Crippen LogP contribution in [0.5, 0.6) is 11.5 Å². The van der Waals surface area contributed by atoms with Gasteiger partial charge in [0.25, 0.3) is 0 Å². The number of benzene rings is 2. The van der Waals surface area contributed by atoms with E-state index in [4.69, 9.17) is 4.74 Å². The van der Waals surface area contributed by atoms with Crippen LogP contribution in [0, 0.1) is 27.7 Å². The Bertz CT molecular complexity index is 557. The Labute approximate surface area is 114 Å². The second kappa shape index (κ2) is 5.35. The highest BCUT2D eigenvalue weighted by Gasteiger charge is 2.15. The third-order valence-electron chi connectivity index (χ3n) is 3.82. The van der Waals surface area contributed by atoms with Gasteiger partial charge in [-0.15, -0.1) is 0 Å². The molecule has 0 heterocycles. The molecule has 0 aliphatic carbocycles. The van der Waals surface area contributed by atoms with Crippen LogP contribution in [0.4, 0.5) is 0 Å². The molecule has 0 unspecified atom stereocenters. The van der Waals surface area contributed by atoms with Gasteiger partial charge in [-0.3, -0.25) is 0 Å². The fraction of sp³-hybridized carbons (Fsp3) is 0.294. The van der Waals surface area contributed by atoms with E-state index in [1.54, 1.807) is 0 Å². The van der Waals surface area contributed by atoms with Crippen LogP contribution in [-0.4, -0.2) is 5.11 Å². The van der Waals surface area contributed by atoms with Gasteiger partial charge in [-0.05, 0) is 55.5 Å². The molecule has 100 valence electrons. The number of rotatable bonds is 3. The molecule has 0 aliphatic rings. The molecule has 2 nitrogen and oxygen atoms in total. The van der Waals surface area contributed by atoms with Crippen LogP contribution in [0.15, 0.2) is 30.3 Å². The number of aromatic hydroxyl groups is 1. The van der Waals surface area contributed by atoms with Gasteiger partial charge in [-0.2, -0.15) is 0 Å². The van der Waals surface area contributed by atoms with Crippen molar-refractivity contribution >= 4 is 0 Å². The van der Waals surface area contributed by atoms with Gasteiger partial charge in [0.05, 0.1) is 0 Å². The van der Waals surface area contributed by atoms with Crippen LogP contribution < -0.4 is 4.74 Å². The second-order valence-corrected chi connectivity index (χ2v) is 4.95. The molecule has 1 N–H and O–H groups in total. The lowest BCUT2D eigenvalue weighted by molar-refractivity contribution is 0.286. The van der Waals surface area contributed by atoms with Crippen molar-refractivity contribution in [2.24, 2.45) is 0 Å². The zero-order chi connectivity index (χ0) is 14.0. The molecule has 2 aromatic carbocycles. The average molecular weight is 256 g/mol. The fourth-order valence-electron chi connectivity index (χ4n) is 2.16. The Morgan fingerprint density at radius 3 is 2.05 bits per heavy atom. The van der Waals surface area contributed by atoms with Crippen LogP contribution in [0.2, 0.25) is 0 Å². The van der Waals surface area contributed by atoms with Crippen molar-refractivity contribution in [2.45, 2.75) is 34.3 Å². The Balaban J connectivity index is 2.31. The predicted octanol–water partition coefficient (Wildman–Crippen LogP) is 4.20. The molecule has 0 spiro atoms. The molecule has 0 bridgehead atoms. The van der Waals surface area contributed by atoms with Gasteiger partial charge in [-0.1, -0.05) is 30.3 Å². The lowest BCUT2D eigenvalue weighted by atomic mass is 9.97. The zero-order valence-corrected chi connectivity index (χ0v) is 11.9. The molecular formula is C17H20O2. The topological polar surface area (TPSA) is 29.5 Å². The molecule has 0 saturated heterocycles. The summed E-state index contributed by atoms with van der Waals surface area (Å²) in [5.41, 5.74) is 5.31. The van der Waals surface area contributed by atoms with E-state index in [9.17, 15) is 5.11 Å². The minimum absolute atomic E-state index is 0.261. The summed E-state index contributed by atoms with van der Waals surface area (Å²) in [7, 11) is 0. The van der Waals surface area contributed by atoms with Crippen LogP contribution in [0.3, 0.4) is 0 Å². The van der Waals surface area contributed by atoms with Crippen molar-refractivity contribution in [3.63, 3.8) is 0 Å². The van der Waals surface area contributed by atoms with Crippen LogP contribution in [0.25, 0.3) is 0 Å². The second-order valence-electron chi connectivity index (χ2n) is 4.95. The normalized spacial score (nSPS) is 10.5. The first-order valence-corrected chi connectivity index (χ1v) is 6.48. The van der Waals surface area contributed by atoms with E-state index in [-0.39, 0.29) is 5.75 Å². The zero-order valence-electron chi connectivity index (χ0n) is 11.9. The van der Waals surface area contributed by atoms with Crippen molar-refractivity contribution in [3.8, 4) is 11.5 Å². The molecule has 0 atom stereocenters. The molecule has 2 aromatic rings. The summed E-state index contributed by atoms with van der Waals surface area (Å²) in [6.07, 6.45) is 0. The standard InChI is InChI=1S/C17H20O2/c1-11-12(2)14(4)17(16(18)13(11)3)19-10-15-8-6-5-7-9-15/h5-9,18H,10H2,1-4H3. The number of hydrogen-bond acceptors (Lipinski definition) is 2. The molecule has 0 saturated carbocycles. The van der Waals surface area contributed by atoms with Gasteiger partial charge >= 0.3 is 0 Å². The number of phenols is 1. The van der Waals surface area contributed by atoms with Crippen molar-refractivity contribution in [1.82, 2.24) is 0 Å². The summed E-state index contributed by atoms with van der Waals surface area (Å²) in [4.78, 5) is 0. The number of phenolic OH excluding ortho intramolecular Hbond substituents is 1. The van der Waals surface area contributed by atoms with E-state index in [1.807, 2.05) is 51.1 Å². The summed E-state index contributed by atoms with van der Waals surface area (Å²) in [5, 5.41) is 10.2. The maximum absolute atomic E-state index is 10.2. The quantitative estimate of drug-likeness (QED) is 0.891.